The van der Waals surface area contributed by atoms with Crippen LogP contribution in [0.3, 0.4) is 0 Å². The van der Waals surface area contributed by atoms with E-state index in [1.54, 1.807) is 34.6 Å². The van der Waals surface area contributed by atoms with Crippen LogP contribution in [-0.4, -0.2) is 40.8 Å². The Morgan fingerprint density at radius 1 is 1.13 bits per heavy atom. The van der Waals surface area contributed by atoms with E-state index in [1.807, 2.05) is 35.7 Å². The second kappa shape index (κ2) is 11.6. The summed E-state index contributed by atoms with van der Waals surface area (Å²) in [6, 6.07) is 11.0. The lowest BCUT2D eigenvalue weighted by Gasteiger charge is -2.31. The Hall–Kier alpha value is -4.36. The standard InChI is InChI=1S/C29H28N4O5S/c1-6-37-28(35)23-16(4)31-17(5)24(29(36)38-7-2)25(23)18-9-8-10-19(11-18)27-33-22(14-39-27)21-12-20(13-30)26(34)32-15(21)3/h8-12,14,23,25H,6-7H2,1-5H3,(H,32,34). The zero-order chi connectivity index (χ0) is 28.3. The Labute approximate surface area is 229 Å². The van der Waals surface area contributed by atoms with Crippen molar-refractivity contribution in [3.63, 3.8) is 0 Å². The Bertz CT molecular complexity index is 1610. The van der Waals surface area contributed by atoms with Gasteiger partial charge in [0.05, 0.1) is 24.5 Å². The highest BCUT2D eigenvalue weighted by Gasteiger charge is 2.42. The molecule has 0 saturated carbocycles. The molecule has 4 rings (SSSR count). The number of nitriles is 1. The lowest BCUT2D eigenvalue weighted by molar-refractivity contribution is -0.146. The number of esters is 2. The topological polar surface area (TPSA) is 134 Å². The molecule has 1 aliphatic heterocycles. The van der Waals surface area contributed by atoms with E-state index >= 15 is 0 Å². The highest BCUT2D eigenvalue weighted by molar-refractivity contribution is 7.13. The summed E-state index contributed by atoms with van der Waals surface area (Å²) >= 11 is 1.41. The van der Waals surface area contributed by atoms with Crippen LogP contribution in [0, 0.1) is 24.2 Å². The summed E-state index contributed by atoms with van der Waals surface area (Å²) < 4.78 is 10.7. The Morgan fingerprint density at radius 2 is 1.87 bits per heavy atom. The molecule has 9 nitrogen and oxygen atoms in total. The van der Waals surface area contributed by atoms with Gasteiger partial charge in [-0.3, -0.25) is 14.6 Å². The van der Waals surface area contributed by atoms with Crippen molar-refractivity contribution in [3.8, 4) is 27.9 Å². The maximum Gasteiger partial charge on any atom is 0.336 e. The van der Waals surface area contributed by atoms with Crippen molar-refractivity contribution in [2.24, 2.45) is 10.9 Å². The Morgan fingerprint density at radius 3 is 2.56 bits per heavy atom. The number of thiazole rings is 1. The number of nitrogens with zero attached hydrogens (tertiary/aromatic N) is 3. The van der Waals surface area contributed by atoms with E-state index in [2.05, 4.69) is 9.98 Å². The first-order chi connectivity index (χ1) is 18.7. The second-order valence-corrected chi connectivity index (χ2v) is 9.86. The Balaban J connectivity index is 1.80. The second-order valence-electron chi connectivity index (χ2n) is 9.01. The molecule has 0 amide bonds. The maximum absolute atomic E-state index is 13.1. The molecule has 3 aromatic rings. The zero-order valence-corrected chi connectivity index (χ0v) is 23.1. The molecule has 1 aliphatic rings. The monoisotopic (exact) mass is 544 g/mol. The molecule has 0 saturated heterocycles. The molecule has 0 spiro atoms. The minimum atomic E-state index is -0.789. The van der Waals surface area contributed by atoms with Gasteiger partial charge in [0.25, 0.3) is 5.56 Å². The molecule has 0 fully saturated rings. The average Bonchev–Trinajstić information content (AvgIpc) is 3.38. The van der Waals surface area contributed by atoms with E-state index in [-0.39, 0.29) is 18.8 Å². The summed E-state index contributed by atoms with van der Waals surface area (Å²) in [5.74, 6) is -2.42. The number of aryl methyl sites for hydroxylation is 1. The third kappa shape index (κ3) is 5.45. The van der Waals surface area contributed by atoms with Crippen molar-refractivity contribution < 1.29 is 19.1 Å². The molecule has 2 unspecified atom stereocenters. The number of pyridine rings is 1. The van der Waals surface area contributed by atoms with Gasteiger partial charge in [0.1, 0.15) is 22.6 Å². The minimum Gasteiger partial charge on any atom is -0.465 e. The summed E-state index contributed by atoms with van der Waals surface area (Å²) in [7, 11) is 0. The molecule has 0 radical (unpaired) electrons. The van der Waals surface area contributed by atoms with Crippen LogP contribution in [0.1, 0.15) is 50.4 Å². The number of aromatic amines is 1. The molecule has 200 valence electrons. The highest BCUT2D eigenvalue weighted by Crippen LogP contribution is 2.41. The molecular formula is C29H28N4O5S. The van der Waals surface area contributed by atoms with Gasteiger partial charge >= 0.3 is 11.9 Å². The first kappa shape index (κ1) is 27.7. The lowest BCUT2D eigenvalue weighted by atomic mass is 9.75. The van der Waals surface area contributed by atoms with Crippen molar-refractivity contribution in [1.29, 1.82) is 5.26 Å². The number of hydrogen-bond acceptors (Lipinski definition) is 9. The number of carbonyl (C=O) groups is 2. The van der Waals surface area contributed by atoms with Crippen LogP contribution >= 0.6 is 11.3 Å². The SMILES string of the molecule is CCOC(=O)C1=C(C)N=C(C)C(C(=O)OCC)C1c1cccc(-c2nc(-c3cc(C#N)c(=O)[nH]c3C)cs2)c1. The van der Waals surface area contributed by atoms with Gasteiger partial charge in [-0.2, -0.15) is 5.26 Å². The van der Waals surface area contributed by atoms with Crippen LogP contribution in [0.5, 0.6) is 0 Å². The minimum absolute atomic E-state index is 0.0140. The number of aromatic nitrogens is 2. The molecular weight excluding hydrogens is 516 g/mol. The van der Waals surface area contributed by atoms with Gasteiger partial charge < -0.3 is 14.5 Å². The van der Waals surface area contributed by atoms with Crippen LogP contribution < -0.4 is 5.56 Å². The van der Waals surface area contributed by atoms with E-state index in [4.69, 9.17) is 14.5 Å². The molecule has 1 N–H and O–H groups in total. The fourth-order valence-corrected chi connectivity index (χ4v) is 5.59. The summed E-state index contributed by atoms with van der Waals surface area (Å²) in [4.78, 5) is 50.2. The number of benzene rings is 1. The molecule has 3 heterocycles. The van der Waals surface area contributed by atoms with Crippen LogP contribution in [0.2, 0.25) is 0 Å². The fraction of sp³-hybridized carbons (Fsp3) is 0.310. The average molecular weight is 545 g/mol. The Kier molecular flexibility index (Phi) is 8.21. The van der Waals surface area contributed by atoms with E-state index < -0.39 is 29.3 Å². The molecule has 39 heavy (non-hydrogen) atoms. The van der Waals surface area contributed by atoms with E-state index in [0.29, 0.717) is 38.9 Å². The van der Waals surface area contributed by atoms with Gasteiger partial charge in [-0.1, -0.05) is 18.2 Å². The van der Waals surface area contributed by atoms with E-state index in [9.17, 15) is 19.6 Å². The van der Waals surface area contributed by atoms with E-state index in [0.717, 1.165) is 11.1 Å². The summed E-state index contributed by atoms with van der Waals surface area (Å²) in [5, 5.41) is 11.8. The summed E-state index contributed by atoms with van der Waals surface area (Å²) in [5.41, 5.74) is 4.37. The number of aliphatic imine (C=N–C) groups is 1. The zero-order valence-electron chi connectivity index (χ0n) is 22.3. The first-order valence-electron chi connectivity index (χ1n) is 12.5. The van der Waals surface area contributed by atoms with Gasteiger partial charge in [-0.25, -0.2) is 9.78 Å². The number of ether oxygens (including phenoxy) is 2. The first-order valence-corrected chi connectivity index (χ1v) is 13.4. The third-order valence-corrected chi connectivity index (χ3v) is 7.39. The van der Waals surface area contributed by atoms with Crippen LogP contribution in [0.25, 0.3) is 21.8 Å². The van der Waals surface area contributed by atoms with E-state index in [1.165, 1.54) is 17.4 Å². The predicted molar refractivity (Wildman–Crippen MR) is 148 cm³/mol. The highest BCUT2D eigenvalue weighted by atomic mass is 32.1. The van der Waals surface area contributed by atoms with Crippen LogP contribution in [0.4, 0.5) is 0 Å². The van der Waals surface area contributed by atoms with Crippen molar-refractivity contribution >= 4 is 29.0 Å². The van der Waals surface area contributed by atoms with Gasteiger partial charge in [0.15, 0.2) is 0 Å². The fourth-order valence-electron chi connectivity index (χ4n) is 4.78. The number of hydrogen-bond donors (Lipinski definition) is 1. The van der Waals surface area contributed by atoms with Gasteiger partial charge in [-0.15, -0.1) is 11.3 Å². The van der Waals surface area contributed by atoms with Crippen molar-refractivity contribution in [2.75, 3.05) is 13.2 Å². The van der Waals surface area contributed by atoms with Crippen molar-refractivity contribution in [3.05, 3.63) is 74.2 Å². The van der Waals surface area contributed by atoms with Crippen molar-refractivity contribution in [1.82, 2.24) is 9.97 Å². The summed E-state index contributed by atoms with van der Waals surface area (Å²) in [6.07, 6.45) is 0. The normalized spacial score (nSPS) is 16.9. The smallest absolute Gasteiger partial charge is 0.336 e. The molecule has 1 aromatic carbocycles. The summed E-state index contributed by atoms with van der Waals surface area (Å²) in [6.45, 7) is 9.11. The third-order valence-electron chi connectivity index (χ3n) is 6.50. The number of allylic oxidation sites excluding steroid dienone is 1. The molecule has 2 atom stereocenters. The van der Waals surface area contributed by atoms with Crippen molar-refractivity contribution in [2.45, 2.75) is 40.5 Å². The quantitative estimate of drug-likeness (QED) is 0.417. The van der Waals surface area contributed by atoms with Gasteiger partial charge in [0, 0.05) is 39.5 Å². The van der Waals surface area contributed by atoms with Gasteiger partial charge in [-0.05, 0) is 52.3 Å². The maximum atomic E-state index is 13.1. The lowest BCUT2D eigenvalue weighted by Crippen LogP contribution is -2.36. The number of H-pyrrole nitrogens is 1. The molecule has 10 heteroatoms. The van der Waals surface area contributed by atoms with Crippen LogP contribution in [-0.2, 0) is 19.1 Å². The molecule has 0 aliphatic carbocycles. The van der Waals surface area contributed by atoms with Crippen LogP contribution in [0.15, 0.2) is 56.8 Å². The predicted octanol–water partition coefficient (Wildman–Crippen LogP) is 4.92. The molecule has 0 bridgehead atoms. The number of nitrogens with one attached hydrogen (secondary N) is 1. The number of carbonyl (C=O) groups excluding carboxylic acids is 2. The number of rotatable bonds is 7. The van der Waals surface area contributed by atoms with Gasteiger partial charge in [0.2, 0.25) is 0 Å². The molecule has 2 aromatic heterocycles. The largest absolute Gasteiger partial charge is 0.465 e.